The van der Waals surface area contributed by atoms with Crippen molar-refractivity contribution in [2.45, 2.75) is 13.0 Å². The molecule has 226 valence electrons. The van der Waals surface area contributed by atoms with Gasteiger partial charge in [0.25, 0.3) is 5.69 Å². The zero-order chi connectivity index (χ0) is 30.8. The van der Waals surface area contributed by atoms with Crippen LogP contribution in [-0.4, -0.2) is 103 Å². The molecule has 1 atom stereocenters. The molecule has 0 aliphatic rings. The lowest BCUT2D eigenvalue weighted by Crippen LogP contribution is -2.42. The van der Waals surface area contributed by atoms with Crippen LogP contribution in [0.4, 0.5) is 5.69 Å². The third kappa shape index (κ3) is 9.31. The second kappa shape index (κ2) is 15.0. The largest absolute Gasteiger partial charge is 0.549 e. The van der Waals surface area contributed by atoms with Crippen LogP contribution in [0.25, 0.3) is 21.9 Å². The molecule has 1 aromatic heterocycles. The number of hydrogen-bond acceptors (Lipinski definition) is 13. The molecule has 42 heavy (non-hydrogen) atoms. The monoisotopic (exact) mass is 587 g/mol. The highest BCUT2D eigenvalue weighted by atomic mass is 16.6. The van der Waals surface area contributed by atoms with Crippen LogP contribution in [0.2, 0.25) is 0 Å². The summed E-state index contributed by atoms with van der Waals surface area (Å²) in [7, 11) is 0. The minimum absolute atomic E-state index is 0.0303. The Hall–Kier alpha value is -4.44. The minimum atomic E-state index is -1.45. The van der Waals surface area contributed by atoms with E-state index in [0.29, 0.717) is 16.4 Å². The number of rotatable bonds is 19. The van der Waals surface area contributed by atoms with E-state index in [2.05, 4.69) is 0 Å². The Morgan fingerprint density at radius 3 is 2.26 bits per heavy atom. The molecule has 0 aliphatic heterocycles. The quantitative estimate of drug-likeness (QED) is 0.105. The van der Waals surface area contributed by atoms with Crippen LogP contribution >= 0.6 is 0 Å². The number of aliphatic carboxylic acids is 3. The van der Waals surface area contributed by atoms with Gasteiger partial charge < -0.3 is 38.8 Å². The first-order chi connectivity index (χ1) is 19.9. The van der Waals surface area contributed by atoms with Gasteiger partial charge >= 0.3 is 5.97 Å². The number of fused-ring (bicyclic) bond motifs is 3. The SMILES string of the molecule is CC(=O)CN(CC(=O)[O-])CC(OCCOCCN(CC(=O)[O-])CC(=O)O)c1cc2c(cc1[N+](=O)[O-])oc1ccccc12. The first-order valence-corrected chi connectivity index (χ1v) is 12.8. The maximum absolute atomic E-state index is 12.1. The molecule has 0 aliphatic carbocycles. The van der Waals surface area contributed by atoms with Gasteiger partial charge in [0.1, 0.15) is 23.1 Å². The lowest BCUT2D eigenvalue weighted by atomic mass is 10.0. The summed E-state index contributed by atoms with van der Waals surface area (Å²) in [5, 5.41) is 44.5. The van der Waals surface area contributed by atoms with Gasteiger partial charge in [-0.15, -0.1) is 0 Å². The highest BCUT2D eigenvalue weighted by Crippen LogP contribution is 2.37. The zero-order valence-corrected chi connectivity index (χ0v) is 22.7. The van der Waals surface area contributed by atoms with Crippen LogP contribution in [0.3, 0.4) is 0 Å². The molecule has 1 heterocycles. The first kappa shape index (κ1) is 32.1. The Balaban J connectivity index is 1.84. The molecule has 0 saturated carbocycles. The van der Waals surface area contributed by atoms with Crippen molar-refractivity contribution < 1.29 is 53.3 Å². The number of para-hydroxylation sites is 1. The van der Waals surface area contributed by atoms with E-state index in [1.165, 1.54) is 17.9 Å². The number of nitro groups is 1. The third-order valence-electron chi connectivity index (χ3n) is 6.10. The average Bonchev–Trinajstić information content (AvgIpc) is 3.25. The van der Waals surface area contributed by atoms with Crippen LogP contribution < -0.4 is 10.2 Å². The van der Waals surface area contributed by atoms with Gasteiger partial charge in [-0.2, -0.15) is 0 Å². The highest BCUT2D eigenvalue weighted by Gasteiger charge is 2.28. The Morgan fingerprint density at radius 2 is 1.62 bits per heavy atom. The van der Waals surface area contributed by atoms with E-state index in [0.717, 1.165) is 4.90 Å². The van der Waals surface area contributed by atoms with Crippen LogP contribution in [-0.2, 0) is 28.7 Å². The zero-order valence-electron chi connectivity index (χ0n) is 22.7. The van der Waals surface area contributed by atoms with Gasteiger partial charge in [0.05, 0.1) is 61.4 Å². The van der Waals surface area contributed by atoms with Crippen LogP contribution in [0.1, 0.15) is 18.6 Å². The number of hydrogen-bond donors (Lipinski definition) is 1. The van der Waals surface area contributed by atoms with Gasteiger partial charge in [-0.05, 0) is 19.1 Å². The Kier molecular flexibility index (Phi) is 11.4. The number of carboxylic acids is 3. The third-order valence-corrected chi connectivity index (χ3v) is 6.10. The number of ketones is 1. The van der Waals surface area contributed by atoms with Crippen molar-refractivity contribution in [2.75, 3.05) is 59.1 Å². The summed E-state index contributed by atoms with van der Waals surface area (Å²) in [4.78, 5) is 58.8. The number of nitro benzene ring substituents is 1. The second-order valence-corrected chi connectivity index (χ2v) is 9.45. The predicted molar refractivity (Wildman–Crippen MR) is 141 cm³/mol. The number of carboxylic acid groups (broad SMARTS) is 3. The summed E-state index contributed by atoms with van der Waals surface area (Å²) in [6.07, 6.45) is -1.09. The van der Waals surface area contributed by atoms with Crippen molar-refractivity contribution in [1.82, 2.24) is 9.80 Å². The molecule has 2 aromatic carbocycles. The number of carbonyl (C=O) groups excluding carboxylic acids is 3. The number of benzene rings is 2. The minimum Gasteiger partial charge on any atom is -0.549 e. The number of Topliss-reactive ketones (excluding diaryl/α,β-unsaturated/α-hetero) is 1. The lowest BCUT2D eigenvalue weighted by molar-refractivity contribution is -0.386. The predicted octanol–water partition coefficient (Wildman–Crippen LogP) is -0.654. The van der Waals surface area contributed by atoms with Crippen LogP contribution in [0, 0.1) is 10.1 Å². The summed E-state index contributed by atoms with van der Waals surface area (Å²) in [5.41, 5.74) is 0.560. The number of nitrogens with zero attached hydrogens (tertiary/aromatic N) is 3. The van der Waals surface area contributed by atoms with E-state index < -0.39 is 48.6 Å². The molecule has 1 unspecified atom stereocenters. The molecule has 15 nitrogen and oxygen atoms in total. The van der Waals surface area contributed by atoms with Gasteiger partial charge in [-0.3, -0.25) is 29.5 Å². The van der Waals surface area contributed by atoms with E-state index in [-0.39, 0.29) is 62.1 Å². The molecule has 0 saturated heterocycles. The first-order valence-electron chi connectivity index (χ1n) is 12.8. The van der Waals surface area contributed by atoms with Gasteiger partial charge in [0.15, 0.2) is 0 Å². The summed E-state index contributed by atoms with van der Waals surface area (Å²) >= 11 is 0. The van der Waals surface area contributed by atoms with Crippen LogP contribution in [0.5, 0.6) is 0 Å². The van der Waals surface area contributed by atoms with E-state index in [9.17, 15) is 39.5 Å². The Labute approximate surface area is 238 Å². The van der Waals surface area contributed by atoms with Crippen molar-refractivity contribution in [3.05, 3.63) is 52.1 Å². The van der Waals surface area contributed by atoms with E-state index in [1.54, 1.807) is 30.3 Å². The maximum atomic E-state index is 12.1. The molecule has 15 heteroatoms. The highest BCUT2D eigenvalue weighted by molar-refractivity contribution is 6.05. The Morgan fingerprint density at radius 1 is 0.929 bits per heavy atom. The molecular formula is C27H29N3O12-2. The molecule has 0 spiro atoms. The second-order valence-electron chi connectivity index (χ2n) is 9.45. The molecule has 0 fully saturated rings. The molecular weight excluding hydrogens is 558 g/mol. The van der Waals surface area contributed by atoms with Gasteiger partial charge in [-0.25, -0.2) is 0 Å². The van der Waals surface area contributed by atoms with Crippen molar-refractivity contribution >= 4 is 51.3 Å². The van der Waals surface area contributed by atoms with Crippen molar-refractivity contribution in [3.63, 3.8) is 0 Å². The molecule has 1 N–H and O–H groups in total. The summed E-state index contributed by atoms with van der Waals surface area (Å²) < 4.78 is 17.2. The fourth-order valence-electron chi connectivity index (χ4n) is 4.48. The standard InChI is InChI=1S/C27H31N3O12/c1-17(31)12-29(16-27(36)37)13-24(41-9-8-40-7-6-28(14-25(32)33)15-26(34)35)20-10-19-18-4-2-3-5-22(18)42-23(19)11-21(20)30(38)39/h2-5,10-11,24H,6-9,12-16H2,1H3,(H,32,33)(H,34,35)(H,36,37)/p-2. The van der Waals surface area contributed by atoms with Crippen molar-refractivity contribution in [1.29, 1.82) is 0 Å². The van der Waals surface area contributed by atoms with Gasteiger partial charge in [0.2, 0.25) is 0 Å². The fourth-order valence-corrected chi connectivity index (χ4v) is 4.48. The van der Waals surface area contributed by atoms with Gasteiger partial charge in [0, 0.05) is 37.0 Å². The summed E-state index contributed by atoms with van der Waals surface area (Å²) in [6.45, 7) is -1.26. The van der Waals surface area contributed by atoms with E-state index in [4.69, 9.17) is 19.0 Å². The number of carbonyl (C=O) groups is 4. The normalized spacial score (nSPS) is 12.3. The Bertz CT molecular complexity index is 1420. The molecule has 0 radical (unpaired) electrons. The summed E-state index contributed by atoms with van der Waals surface area (Å²) in [6, 6.07) is 9.84. The molecule has 0 amide bonds. The van der Waals surface area contributed by atoms with Crippen LogP contribution in [0.15, 0.2) is 40.8 Å². The topological polar surface area (TPSA) is 216 Å². The number of furan rings is 1. The maximum Gasteiger partial charge on any atom is 0.317 e. The smallest absolute Gasteiger partial charge is 0.317 e. The molecule has 3 rings (SSSR count). The van der Waals surface area contributed by atoms with E-state index >= 15 is 0 Å². The molecule has 0 bridgehead atoms. The average molecular weight is 588 g/mol. The van der Waals surface area contributed by atoms with E-state index in [1.807, 2.05) is 0 Å². The fraction of sp³-hybridized carbons (Fsp3) is 0.407. The summed E-state index contributed by atoms with van der Waals surface area (Å²) in [5.74, 6) is -4.46. The van der Waals surface area contributed by atoms with Crippen molar-refractivity contribution in [3.8, 4) is 0 Å². The molecule has 3 aromatic rings. The number of ether oxygens (including phenoxy) is 2. The lowest BCUT2D eigenvalue weighted by Gasteiger charge is -2.27. The van der Waals surface area contributed by atoms with Crippen molar-refractivity contribution in [2.24, 2.45) is 0 Å². The van der Waals surface area contributed by atoms with Gasteiger partial charge in [-0.1, -0.05) is 18.2 Å².